The molecule has 4 nitrogen and oxygen atoms in total. The SMILES string of the molecule is CC1CCCCN1Cc1ccccc1CNC(=O)c1ccc(N2CC=CC2)cc1. The van der Waals surface area contributed by atoms with E-state index in [-0.39, 0.29) is 5.91 Å². The lowest BCUT2D eigenvalue weighted by atomic mass is 10.0. The Kier molecular flexibility index (Phi) is 6.30. The normalized spacial score (nSPS) is 19.5. The summed E-state index contributed by atoms with van der Waals surface area (Å²) >= 11 is 0. The minimum Gasteiger partial charge on any atom is -0.364 e. The van der Waals surface area contributed by atoms with Crippen molar-refractivity contribution in [2.24, 2.45) is 0 Å². The summed E-state index contributed by atoms with van der Waals surface area (Å²) in [5, 5.41) is 3.11. The van der Waals surface area contributed by atoms with Crippen molar-refractivity contribution in [2.75, 3.05) is 24.5 Å². The second kappa shape index (κ2) is 9.27. The maximum absolute atomic E-state index is 12.7. The van der Waals surface area contributed by atoms with Crippen LogP contribution in [0.5, 0.6) is 0 Å². The van der Waals surface area contributed by atoms with E-state index in [1.54, 1.807) is 0 Å². The molecular formula is C25H31N3O. The van der Waals surface area contributed by atoms with Crippen LogP contribution >= 0.6 is 0 Å². The van der Waals surface area contributed by atoms with Crippen LogP contribution in [-0.2, 0) is 13.1 Å². The summed E-state index contributed by atoms with van der Waals surface area (Å²) in [5.74, 6) is -0.0164. The van der Waals surface area contributed by atoms with Gasteiger partial charge in [-0.25, -0.2) is 0 Å². The number of carbonyl (C=O) groups is 1. The van der Waals surface area contributed by atoms with Gasteiger partial charge in [-0.2, -0.15) is 0 Å². The molecule has 2 aliphatic heterocycles. The molecule has 4 rings (SSSR count). The predicted molar refractivity (Wildman–Crippen MR) is 119 cm³/mol. The maximum atomic E-state index is 12.7. The Morgan fingerprint density at radius 3 is 2.45 bits per heavy atom. The van der Waals surface area contributed by atoms with E-state index in [1.807, 2.05) is 24.3 Å². The van der Waals surface area contributed by atoms with Crippen molar-refractivity contribution in [3.63, 3.8) is 0 Å². The Labute approximate surface area is 174 Å². The number of rotatable bonds is 6. The van der Waals surface area contributed by atoms with Gasteiger partial charge in [0.05, 0.1) is 0 Å². The van der Waals surface area contributed by atoms with Crippen molar-refractivity contribution in [3.8, 4) is 0 Å². The lowest BCUT2D eigenvalue weighted by Crippen LogP contribution is -2.37. The van der Waals surface area contributed by atoms with Gasteiger partial charge in [0.1, 0.15) is 0 Å². The van der Waals surface area contributed by atoms with E-state index in [2.05, 4.69) is 58.5 Å². The summed E-state index contributed by atoms with van der Waals surface area (Å²) in [5.41, 5.74) is 4.40. The molecule has 1 atom stereocenters. The van der Waals surface area contributed by atoms with Gasteiger partial charge in [0, 0.05) is 43.5 Å². The number of anilines is 1. The molecule has 0 saturated carbocycles. The lowest BCUT2D eigenvalue weighted by molar-refractivity contribution is 0.0950. The molecule has 4 heteroatoms. The van der Waals surface area contributed by atoms with Crippen molar-refractivity contribution in [3.05, 3.63) is 77.4 Å². The first-order valence-corrected chi connectivity index (χ1v) is 10.8. The number of nitrogens with one attached hydrogen (secondary N) is 1. The third kappa shape index (κ3) is 4.88. The topological polar surface area (TPSA) is 35.6 Å². The van der Waals surface area contributed by atoms with Crippen molar-refractivity contribution in [1.82, 2.24) is 10.2 Å². The molecule has 1 N–H and O–H groups in total. The van der Waals surface area contributed by atoms with Crippen LogP contribution in [0.2, 0.25) is 0 Å². The fraction of sp³-hybridized carbons (Fsp3) is 0.400. The van der Waals surface area contributed by atoms with Gasteiger partial charge in [-0.3, -0.25) is 9.69 Å². The van der Waals surface area contributed by atoms with Crippen molar-refractivity contribution < 1.29 is 4.79 Å². The van der Waals surface area contributed by atoms with Crippen LogP contribution in [0.25, 0.3) is 0 Å². The average Bonchev–Trinajstić information content (AvgIpc) is 3.29. The van der Waals surface area contributed by atoms with E-state index in [1.165, 1.54) is 36.9 Å². The molecule has 2 heterocycles. The molecule has 1 saturated heterocycles. The standard InChI is InChI=1S/C25H31N3O/c1-20-8-4-5-17-28(20)19-23-10-3-2-9-22(23)18-26-25(29)21-11-13-24(14-12-21)27-15-6-7-16-27/h2-3,6-7,9-14,20H,4-5,8,15-19H2,1H3,(H,26,29). The zero-order chi connectivity index (χ0) is 20.1. The highest BCUT2D eigenvalue weighted by Gasteiger charge is 2.19. The first-order chi connectivity index (χ1) is 14.2. The van der Waals surface area contributed by atoms with Crippen LogP contribution < -0.4 is 10.2 Å². The Morgan fingerprint density at radius 1 is 1.00 bits per heavy atom. The first kappa shape index (κ1) is 19.7. The fourth-order valence-corrected chi connectivity index (χ4v) is 4.29. The quantitative estimate of drug-likeness (QED) is 0.746. The number of hydrogen-bond acceptors (Lipinski definition) is 3. The Balaban J connectivity index is 1.36. The molecule has 0 spiro atoms. The van der Waals surface area contributed by atoms with Crippen molar-refractivity contribution in [1.29, 1.82) is 0 Å². The third-order valence-electron chi connectivity index (χ3n) is 6.18. The molecule has 2 aliphatic rings. The molecule has 29 heavy (non-hydrogen) atoms. The zero-order valence-electron chi connectivity index (χ0n) is 17.3. The average molecular weight is 390 g/mol. The minimum absolute atomic E-state index is 0.0164. The number of nitrogens with zero attached hydrogens (tertiary/aromatic N) is 2. The summed E-state index contributed by atoms with van der Waals surface area (Å²) in [7, 11) is 0. The number of carbonyl (C=O) groups excluding carboxylic acids is 1. The highest BCUT2D eigenvalue weighted by Crippen LogP contribution is 2.21. The van der Waals surface area contributed by atoms with Gasteiger partial charge in [0.15, 0.2) is 0 Å². The van der Waals surface area contributed by atoms with E-state index < -0.39 is 0 Å². The molecule has 0 radical (unpaired) electrons. The predicted octanol–water partition coefficient (Wildman–Crippen LogP) is 4.37. The highest BCUT2D eigenvalue weighted by atomic mass is 16.1. The number of likely N-dealkylation sites (tertiary alicyclic amines) is 1. The molecule has 2 aromatic carbocycles. The van der Waals surface area contributed by atoms with Gasteiger partial charge in [-0.1, -0.05) is 42.8 Å². The van der Waals surface area contributed by atoms with Crippen molar-refractivity contribution >= 4 is 11.6 Å². The van der Waals surface area contributed by atoms with Crippen LogP contribution in [0, 0.1) is 0 Å². The molecule has 1 fully saturated rings. The summed E-state index contributed by atoms with van der Waals surface area (Å²) in [6.45, 7) is 6.91. The third-order valence-corrected chi connectivity index (χ3v) is 6.18. The Hall–Kier alpha value is -2.59. The van der Waals surface area contributed by atoms with Gasteiger partial charge < -0.3 is 10.2 Å². The smallest absolute Gasteiger partial charge is 0.251 e. The number of piperidine rings is 1. The van der Waals surface area contributed by atoms with Crippen LogP contribution in [0.4, 0.5) is 5.69 Å². The second-order valence-electron chi connectivity index (χ2n) is 8.19. The van der Waals surface area contributed by atoms with Crippen LogP contribution in [-0.4, -0.2) is 36.5 Å². The summed E-state index contributed by atoms with van der Waals surface area (Å²) < 4.78 is 0. The van der Waals surface area contributed by atoms with Gasteiger partial charge in [-0.15, -0.1) is 0 Å². The Bertz CT molecular complexity index is 851. The van der Waals surface area contributed by atoms with E-state index in [4.69, 9.17) is 0 Å². The first-order valence-electron chi connectivity index (χ1n) is 10.8. The fourth-order valence-electron chi connectivity index (χ4n) is 4.29. The molecule has 0 bridgehead atoms. The van der Waals surface area contributed by atoms with Gasteiger partial charge in [-0.05, 0) is 61.7 Å². The minimum atomic E-state index is -0.0164. The zero-order valence-corrected chi connectivity index (χ0v) is 17.3. The van der Waals surface area contributed by atoms with Crippen LogP contribution in [0.1, 0.15) is 47.7 Å². The molecule has 1 amide bonds. The van der Waals surface area contributed by atoms with E-state index >= 15 is 0 Å². The van der Waals surface area contributed by atoms with Gasteiger partial charge in [0.25, 0.3) is 5.91 Å². The second-order valence-corrected chi connectivity index (χ2v) is 8.19. The molecule has 1 unspecified atom stereocenters. The Morgan fingerprint density at radius 2 is 1.72 bits per heavy atom. The van der Waals surface area contributed by atoms with Gasteiger partial charge in [0.2, 0.25) is 0 Å². The van der Waals surface area contributed by atoms with Crippen LogP contribution in [0.15, 0.2) is 60.7 Å². The molecule has 152 valence electrons. The van der Waals surface area contributed by atoms with E-state index in [9.17, 15) is 4.79 Å². The molecule has 2 aromatic rings. The largest absolute Gasteiger partial charge is 0.364 e. The summed E-state index contributed by atoms with van der Waals surface area (Å²) in [6, 6.07) is 17.0. The number of amides is 1. The van der Waals surface area contributed by atoms with Gasteiger partial charge >= 0.3 is 0 Å². The monoisotopic (exact) mass is 389 g/mol. The van der Waals surface area contributed by atoms with Crippen LogP contribution in [0.3, 0.4) is 0 Å². The number of benzene rings is 2. The lowest BCUT2D eigenvalue weighted by Gasteiger charge is -2.33. The summed E-state index contributed by atoms with van der Waals surface area (Å²) in [6.07, 6.45) is 8.24. The summed E-state index contributed by atoms with van der Waals surface area (Å²) in [4.78, 5) is 17.5. The maximum Gasteiger partial charge on any atom is 0.251 e. The molecular weight excluding hydrogens is 358 g/mol. The molecule has 0 aromatic heterocycles. The van der Waals surface area contributed by atoms with Crippen molar-refractivity contribution in [2.45, 2.75) is 45.3 Å². The van der Waals surface area contributed by atoms with E-state index in [0.717, 1.165) is 25.3 Å². The molecule has 0 aliphatic carbocycles. The highest BCUT2D eigenvalue weighted by molar-refractivity contribution is 5.94. The number of hydrogen-bond donors (Lipinski definition) is 1. The van der Waals surface area contributed by atoms with E-state index in [0.29, 0.717) is 18.2 Å².